The second kappa shape index (κ2) is 11.4. The van der Waals surface area contributed by atoms with Crippen LogP contribution in [0, 0.1) is 6.92 Å². The van der Waals surface area contributed by atoms with Crippen molar-refractivity contribution in [3.63, 3.8) is 0 Å². The van der Waals surface area contributed by atoms with Crippen molar-refractivity contribution in [3.05, 3.63) is 107 Å². The largest absolute Gasteiger partial charge is 0.478 e. The van der Waals surface area contributed by atoms with Crippen molar-refractivity contribution in [1.82, 2.24) is 14.6 Å². The average molecular weight is 547 g/mol. The van der Waals surface area contributed by atoms with Crippen LogP contribution in [-0.2, 0) is 4.79 Å². The number of imidazole rings is 1. The van der Waals surface area contributed by atoms with Gasteiger partial charge < -0.3 is 10.4 Å². The van der Waals surface area contributed by atoms with Crippen molar-refractivity contribution < 1.29 is 27.9 Å². The lowest BCUT2D eigenvalue weighted by molar-refractivity contribution is -0.131. The predicted octanol–water partition coefficient (Wildman–Crippen LogP) is 6.97. The molecule has 0 aliphatic carbocycles. The van der Waals surface area contributed by atoms with Crippen LogP contribution in [0.2, 0.25) is 0 Å². The summed E-state index contributed by atoms with van der Waals surface area (Å²) in [7, 11) is 0. The van der Waals surface area contributed by atoms with E-state index in [1.807, 2.05) is 19.1 Å². The van der Waals surface area contributed by atoms with Crippen LogP contribution in [0.25, 0.3) is 28.6 Å². The van der Waals surface area contributed by atoms with Crippen LogP contribution in [0.4, 0.5) is 18.9 Å². The first kappa shape index (κ1) is 28.0. The molecule has 0 spiro atoms. The highest BCUT2D eigenvalue weighted by Gasteiger charge is 2.33. The molecule has 7 nitrogen and oxygen atoms in total. The average Bonchev–Trinajstić information content (AvgIpc) is 3.34. The molecule has 1 amide bonds. The molecule has 2 aromatic heterocycles. The van der Waals surface area contributed by atoms with Gasteiger partial charge in [-0.1, -0.05) is 36.4 Å². The number of aliphatic carboxylic acids is 1. The molecule has 2 heterocycles. The molecule has 4 rings (SSSR count). The number of hydrogen-bond donors (Lipinski definition) is 2. The van der Waals surface area contributed by atoms with Crippen molar-refractivity contribution in [1.29, 1.82) is 0 Å². The number of aromatic nitrogens is 3. The van der Waals surface area contributed by atoms with Crippen molar-refractivity contribution >= 4 is 34.9 Å². The summed E-state index contributed by atoms with van der Waals surface area (Å²) in [5.74, 6) is -1.47. The van der Waals surface area contributed by atoms with E-state index in [-0.39, 0.29) is 17.2 Å². The number of nitrogens with one attached hydrogen (secondary N) is 1. The molecule has 0 atom stereocenters. The summed E-state index contributed by atoms with van der Waals surface area (Å²) in [5.41, 5.74) is 3.26. The van der Waals surface area contributed by atoms with Crippen LogP contribution in [-0.4, -0.2) is 37.8 Å². The number of carboxylic acid groups (broad SMARTS) is 1. The number of halogens is 3. The zero-order chi connectivity index (χ0) is 29.0. The van der Waals surface area contributed by atoms with Gasteiger partial charge >= 0.3 is 12.1 Å². The maximum atomic E-state index is 13.4. The topological polar surface area (TPSA) is 96.6 Å². The van der Waals surface area contributed by atoms with Crippen LogP contribution in [0.1, 0.15) is 41.0 Å². The normalized spacial score (nSPS) is 12.8. The van der Waals surface area contributed by atoms with E-state index in [0.29, 0.717) is 33.7 Å². The van der Waals surface area contributed by atoms with Gasteiger partial charge in [-0.15, -0.1) is 0 Å². The number of aryl methyl sites for hydroxylation is 1. The van der Waals surface area contributed by atoms with Gasteiger partial charge in [-0.2, -0.15) is 18.3 Å². The first-order valence-corrected chi connectivity index (χ1v) is 12.2. The monoisotopic (exact) mass is 546 g/mol. The minimum Gasteiger partial charge on any atom is -0.478 e. The molecule has 40 heavy (non-hydrogen) atoms. The SMILES string of the molecule is CC=CC(=C(C)C(F)(F)F)c1ccc2nc(-c3ccc(C)c(NC(=O)c4cccc(C=CC(=O)O)c4)c3)cn2n1. The van der Waals surface area contributed by atoms with Crippen molar-refractivity contribution in [2.24, 2.45) is 0 Å². The van der Waals surface area contributed by atoms with Gasteiger partial charge in [0.15, 0.2) is 5.65 Å². The molecular formula is C30H25F3N4O3. The quantitative estimate of drug-likeness (QED) is 0.193. The molecule has 2 N–H and O–H groups in total. The Morgan fingerprint density at radius 2 is 1.82 bits per heavy atom. The molecule has 0 radical (unpaired) electrons. The summed E-state index contributed by atoms with van der Waals surface area (Å²) in [6, 6.07) is 15.0. The Morgan fingerprint density at radius 3 is 2.52 bits per heavy atom. The number of carbonyl (C=O) groups is 2. The Labute approximate surface area is 228 Å². The van der Waals surface area contributed by atoms with Crippen molar-refractivity contribution in [2.45, 2.75) is 26.9 Å². The molecule has 10 heteroatoms. The highest BCUT2D eigenvalue weighted by Crippen LogP contribution is 2.32. The van der Waals surface area contributed by atoms with Crippen LogP contribution >= 0.6 is 0 Å². The van der Waals surface area contributed by atoms with E-state index in [0.717, 1.165) is 18.6 Å². The van der Waals surface area contributed by atoms with Gasteiger partial charge in [0.2, 0.25) is 0 Å². The molecule has 0 unspecified atom stereocenters. The maximum absolute atomic E-state index is 13.4. The number of rotatable bonds is 7. The van der Waals surface area contributed by atoms with E-state index in [4.69, 9.17) is 5.11 Å². The summed E-state index contributed by atoms with van der Waals surface area (Å²) in [6.07, 6.45) is 2.42. The van der Waals surface area contributed by atoms with Gasteiger partial charge in [0.25, 0.3) is 5.91 Å². The van der Waals surface area contributed by atoms with Gasteiger partial charge in [0.1, 0.15) is 0 Å². The van der Waals surface area contributed by atoms with E-state index in [1.54, 1.807) is 49.5 Å². The number of amides is 1. The molecule has 4 aromatic rings. The highest BCUT2D eigenvalue weighted by molar-refractivity contribution is 6.05. The lowest BCUT2D eigenvalue weighted by Crippen LogP contribution is -2.13. The summed E-state index contributed by atoms with van der Waals surface area (Å²) >= 11 is 0. The van der Waals surface area contributed by atoms with Gasteiger partial charge in [0.05, 0.1) is 17.6 Å². The summed E-state index contributed by atoms with van der Waals surface area (Å²) < 4.78 is 41.6. The van der Waals surface area contributed by atoms with Crippen LogP contribution in [0.3, 0.4) is 0 Å². The fraction of sp³-hybridized carbons (Fsp3) is 0.133. The van der Waals surface area contributed by atoms with Crippen molar-refractivity contribution in [2.75, 3.05) is 5.32 Å². The van der Waals surface area contributed by atoms with E-state index >= 15 is 0 Å². The molecule has 2 aromatic carbocycles. The van der Waals surface area contributed by atoms with Gasteiger partial charge in [-0.05, 0) is 68.3 Å². The molecule has 0 fully saturated rings. The van der Waals surface area contributed by atoms with E-state index in [1.165, 1.54) is 28.8 Å². The zero-order valence-electron chi connectivity index (χ0n) is 21.8. The third kappa shape index (κ3) is 6.35. The van der Waals surface area contributed by atoms with E-state index in [9.17, 15) is 22.8 Å². The third-order valence-electron chi connectivity index (χ3n) is 6.11. The number of allylic oxidation sites excluding steroid dienone is 4. The Kier molecular flexibility index (Phi) is 7.99. The number of benzene rings is 2. The number of hydrogen-bond acceptors (Lipinski definition) is 4. The van der Waals surface area contributed by atoms with Gasteiger partial charge in [-0.3, -0.25) is 4.79 Å². The Bertz CT molecular complexity index is 1700. The minimum absolute atomic E-state index is 0.0324. The molecule has 0 saturated carbocycles. The molecule has 0 saturated heterocycles. The van der Waals surface area contributed by atoms with E-state index < -0.39 is 17.7 Å². The number of nitrogens with zero attached hydrogens (tertiary/aromatic N) is 3. The molecule has 0 bridgehead atoms. The number of carboxylic acids is 1. The fourth-order valence-electron chi connectivity index (χ4n) is 3.95. The number of fused-ring (bicyclic) bond motifs is 1. The second-order valence-electron chi connectivity index (χ2n) is 8.96. The lowest BCUT2D eigenvalue weighted by Gasteiger charge is -2.11. The van der Waals surface area contributed by atoms with Crippen LogP contribution in [0.5, 0.6) is 0 Å². The zero-order valence-corrected chi connectivity index (χ0v) is 21.8. The lowest BCUT2D eigenvalue weighted by atomic mass is 10.0. The number of carbonyl (C=O) groups excluding carboxylic acids is 1. The van der Waals surface area contributed by atoms with Gasteiger partial charge in [0, 0.05) is 34.0 Å². The molecule has 204 valence electrons. The fourth-order valence-corrected chi connectivity index (χ4v) is 3.95. The Balaban J connectivity index is 1.64. The Morgan fingerprint density at radius 1 is 1.05 bits per heavy atom. The van der Waals surface area contributed by atoms with E-state index in [2.05, 4.69) is 15.4 Å². The van der Waals surface area contributed by atoms with Crippen LogP contribution in [0.15, 0.2) is 84.6 Å². The summed E-state index contributed by atoms with van der Waals surface area (Å²) in [6.45, 7) is 4.49. The first-order valence-electron chi connectivity index (χ1n) is 12.2. The maximum Gasteiger partial charge on any atom is 0.413 e. The van der Waals surface area contributed by atoms with Crippen LogP contribution < -0.4 is 5.32 Å². The minimum atomic E-state index is -4.50. The summed E-state index contributed by atoms with van der Waals surface area (Å²) in [5, 5.41) is 16.1. The number of anilines is 1. The molecule has 0 aliphatic rings. The standard InChI is InChI=1S/C30H25F3N4O3/c1-4-6-23(19(3)30(31,32)33)24-12-13-27-34-26(17-37(27)36-24)21-11-9-18(2)25(16-21)35-29(40)22-8-5-7-20(15-22)10-14-28(38)39/h4-17H,1-3H3,(H,35,40)(H,38,39). The Hall–Kier alpha value is -4.99. The smallest absolute Gasteiger partial charge is 0.413 e. The first-order chi connectivity index (χ1) is 19.0. The third-order valence-corrected chi connectivity index (χ3v) is 6.11. The summed E-state index contributed by atoms with van der Waals surface area (Å²) in [4.78, 5) is 28.3. The second-order valence-corrected chi connectivity index (χ2v) is 8.96. The highest BCUT2D eigenvalue weighted by atomic mass is 19.4. The van der Waals surface area contributed by atoms with Gasteiger partial charge in [-0.25, -0.2) is 14.3 Å². The molecular weight excluding hydrogens is 521 g/mol. The number of alkyl halides is 3. The van der Waals surface area contributed by atoms with Crippen molar-refractivity contribution in [3.8, 4) is 11.3 Å². The predicted molar refractivity (Wildman–Crippen MR) is 148 cm³/mol. The molecule has 0 aliphatic heterocycles.